The summed E-state index contributed by atoms with van der Waals surface area (Å²) in [6.45, 7) is 4.72. The highest BCUT2D eigenvalue weighted by atomic mass is 19.1. The Labute approximate surface area is 174 Å². The number of anilines is 1. The zero-order valence-corrected chi connectivity index (χ0v) is 17.0. The van der Waals surface area contributed by atoms with Crippen LogP contribution in [0.4, 0.5) is 10.1 Å². The van der Waals surface area contributed by atoms with Gasteiger partial charge in [0, 0.05) is 42.7 Å². The summed E-state index contributed by atoms with van der Waals surface area (Å²) in [6, 6.07) is 12.9. The van der Waals surface area contributed by atoms with Gasteiger partial charge in [-0.25, -0.2) is 4.39 Å². The standard InChI is InChI=1S/C24H23FN4O/c1-15(2)29-13-17(11-26-29)19-10-23(30)27-21-7-4-8-22-24(21)20(19)14-28(22)12-16-5-3-6-18(25)9-16/h3-9,11,13-15,19H,10,12H2,1-2H3,(H,27,30). The van der Waals surface area contributed by atoms with Crippen LogP contribution in [0.25, 0.3) is 10.9 Å². The number of nitrogens with one attached hydrogen (secondary N) is 1. The fourth-order valence-corrected chi connectivity index (χ4v) is 4.33. The summed E-state index contributed by atoms with van der Waals surface area (Å²) in [5.41, 5.74) is 4.87. The highest BCUT2D eigenvalue weighted by Gasteiger charge is 2.28. The van der Waals surface area contributed by atoms with Crippen molar-refractivity contribution in [1.82, 2.24) is 14.3 Å². The first-order valence-electron chi connectivity index (χ1n) is 10.2. The Morgan fingerprint density at radius 1 is 1.20 bits per heavy atom. The molecule has 0 bridgehead atoms. The van der Waals surface area contributed by atoms with E-state index in [0.29, 0.717) is 13.0 Å². The maximum Gasteiger partial charge on any atom is 0.225 e. The molecule has 30 heavy (non-hydrogen) atoms. The first-order chi connectivity index (χ1) is 14.5. The van der Waals surface area contributed by atoms with Gasteiger partial charge >= 0.3 is 0 Å². The van der Waals surface area contributed by atoms with Crippen molar-refractivity contribution in [3.63, 3.8) is 0 Å². The van der Waals surface area contributed by atoms with E-state index in [-0.39, 0.29) is 23.7 Å². The van der Waals surface area contributed by atoms with Gasteiger partial charge in [-0.15, -0.1) is 0 Å². The third-order valence-corrected chi connectivity index (χ3v) is 5.77. The van der Waals surface area contributed by atoms with Gasteiger partial charge in [0.05, 0.1) is 17.4 Å². The molecule has 4 aromatic rings. The molecular weight excluding hydrogens is 379 g/mol. The number of hydrogen-bond acceptors (Lipinski definition) is 2. The first-order valence-corrected chi connectivity index (χ1v) is 10.2. The predicted octanol–water partition coefficient (Wildman–Crippen LogP) is 5.08. The van der Waals surface area contributed by atoms with Crippen LogP contribution in [0.3, 0.4) is 0 Å². The average Bonchev–Trinajstić information content (AvgIpc) is 3.29. The molecule has 1 atom stereocenters. The minimum absolute atomic E-state index is 0.00215. The number of nitrogens with zero attached hydrogens (tertiary/aromatic N) is 3. The lowest BCUT2D eigenvalue weighted by Crippen LogP contribution is -2.13. The van der Waals surface area contributed by atoms with Crippen LogP contribution in [-0.4, -0.2) is 20.3 Å². The van der Waals surface area contributed by atoms with Crippen molar-refractivity contribution < 1.29 is 9.18 Å². The molecule has 0 saturated heterocycles. The Kier molecular flexibility index (Phi) is 4.42. The van der Waals surface area contributed by atoms with Crippen LogP contribution in [-0.2, 0) is 11.3 Å². The fourth-order valence-electron chi connectivity index (χ4n) is 4.33. The van der Waals surface area contributed by atoms with E-state index >= 15 is 0 Å². The molecule has 2 aromatic carbocycles. The predicted molar refractivity (Wildman–Crippen MR) is 115 cm³/mol. The molecule has 2 aromatic heterocycles. The topological polar surface area (TPSA) is 51.9 Å². The van der Waals surface area contributed by atoms with E-state index in [1.165, 1.54) is 6.07 Å². The molecule has 1 aliphatic heterocycles. The summed E-state index contributed by atoms with van der Waals surface area (Å²) in [5.74, 6) is -0.327. The van der Waals surface area contributed by atoms with Crippen LogP contribution < -0.4 is 5.32 Å². The Hall–Kier alpha value is -3.41. The minimum Gasteiger partial charge on any atom is -0.343 e. The zero-order valence-electron chi connectivity index (χ0n) is 17.0. The van der Waals surface area contributed by atoms with Gasteiger partial charge in [0.2, 0.25) is 5.91 Å². The Bertz CT molecular complexity index is 1250. The molecule has 0 fully saturated rings. The van der Waals surface area contributed by atoms with Crippen LogP contribution in [0.1, 0.15) is 48.9 Å². The lowest BCUT2D eigenvalue weighted by atomic mass is 9.91. The monoisotopic (exact) mass is 402 g/mol. The summed E-state index contributed by atoms with van der Waals surface area (Å²) in [7, 11) is 0. The van der Waals surface area contributed by atoms with Crippen LogP contribution in [0, 0.1) is 5.82 Å². The fraction of sp³-hybridized carbons (Fsp3) is 0.250. The summed E-state index contributed by atoms with van der Waals surface area (Å²) in [6.07, 6.45) is 6.36. The molecule has 0 radical (unpaired) electrons. The van der Waals surface area contributed by atoms with Gasteiger partial charge < -0.3 is 9.88 Å². The number of aromatic nitrogens is 3. The van der Waals surface area contributed by atoms with Crippen LogP contribution >= 0.6 is 0 Å². The van der Waals surface area contributed by atoms with Gasteiger partial charge in [-0.2, -0.15) is 5.10 Å². The van der Waals surface area contributed by atoms with Crippen molar-refractivity contribution in [3.8, 4) is 0 Å². The number of hydrogen-bond donors (Lipinski definition) is 1. The van der Waals surface area contributed by atoms with E-state index < -0.39 is 0 Å². The molecule has 1 unspecified atom stereocenters. The van der Waals surface area contributed by atoms with Gasteiger partial charge in [-0.05, 0) is 54.8 Å². The number of rotatable bonds is 4. The molecule has 1 N–H and O–H groups in total. The van der Waals surface area contributed by atoms with Crippen LogP contribution in [0.2, 0.25) is 0 Å². The molecule has 152 valence electrons. The number of carbonyl (C=O) groups is 1. The van der Waals surface area contributed by atoms with E-state index in [4.69, 9.17) is 0 Å². The lowest BCUT2D eigenvalue weighted by molar-refractivity contribution is -0.116. The summed E-state index contributed by atoms with van der Waals surface area (Å²) < 4.78 is 17.8. The van der Waals surface area contributed by atoms with Crippen molar-refractivity contribution in [1.29, 1.82) is 0 Å². The summed E-state index contributed by atoms with van der Waals surface area (Å²) in [4.78, 5) is 12.6. The zero-order chi connectivity index (χ0) is 20.8. The third kappa shape index (κ3) is 3.18. The maximum absolute atomic E-state index is 13.7. The molecular formula is C24H23FN4O. The largest absolute Gasteiger partial charge is 0.343 e. The molecule has 0 spiro atoms. The smallest absolute Gasteiger partial charge is 0.225 e. The first kappa shape index (κ1) is 18.6. The average molecular weight is 402 g/mol. The SMILES string of the molecule is CC(C)n1cc(C2CC(=O)Nc3cccc4c3c2cn4Cc2cccc(F)c2)cn1. The maximum atomic E-state index is 13.7. The molecule has 3 heterocycles. The Morgan fingerprint density at radius 2 is 2.03 bits per heavy atom. The molecule has 5 nitrogen and oxygen atoms in total. The molecule has 1 aliphatic rings. The normalized spacial score (nSPS) is 16.1. The number of amides is 1. The second-order valence-electron chi connectivity index (χ2n) is 8.19. The Balaban J connectivity index is 1.66. The van der Waals surface area contributed by atoms with Gasteiger partial charge in [-0.1, -0.05) is 18.2 Å². The molecule has 0 aliphatic carbocycles. The van der Waals surface area contributed by atoms with Crippen molar-refractivity contribution in [3.05, 3.63) is 83.6 Å². The van der Waals surface area contributed by atoms with Crippen molar-refractivity contribution >= 4 is 22.5 Å². The highest BCUT2D eigenvalue weighted by Crippen LogP contribution is 2.41. The van der Waals surface area contributed by atoms with E-state index in [1.807, 2.05) is 41.3 Å². The van der Waals surface area contributed by atoms with Gasteiger partial charge in [0.1, 0.15) is 5.82 Å². The van der Waals surface area contributed by atoms with Gasteiger partial charge in [0.15, 0.2) is 0 Å². The second-order valence-corrected chi connectivity index (χ2v) is 8.19. The van der Waals surface area contributed by atoms with Crippen LogP contribution in [0.15, 0.2) is 61.1 Å². The molecule has 1 amide bonds. The van der Waals surface area contributed by atoms with Crippen molar-refractivity contribution in [2.24, 2.45) is 0 Å². The molecule has 0 saturated carbocycles. The molecule has 6 heteroatoms. The van der Waals surface area contributed by atoms with Crippen LogP contribution in [0.5, 0.6) is 0 Å². The third-order valence-electron chi connectivity index (χ3n) is 5.77. The highest BCUT2D eigenvalue weighted by molar-refractivity contribution is 6.06. The van der Waals surface area contributed by atoms with E-state index in [9.17, 15) is 9.18 Å². The van der Waals surface area contributed by atoms with E-state index in [1.54, 1.807) is 12.1 Å². The summed E-state index contributed by atoms with van der Waals surface area (Å²) >= 11 is 0. The van der Waals surface area contributed by atoms with Gasteiger partial charge in [0.25, 0.3) is 0 Å². The van der Waals surface area contributed by atoms with E-state index in [2.05, 4.69) is 35.0 Å². The minimum atomic E-state index is -0.239. The summed E-state index contributed by atoms with van der Waals surface area (Å²) in [5, 5.41) is 8.59. The van der Waals surface area contributed by atoms with Gasteiger partial charge in [-0.3, -0.25) is 9.48 Å². The number of benzene rings is 2. The second kappa shape index (κ2) is 7.13. The molecule has 5 rings (SSSR count). The van der Waals surface area contributed by atoms with Crippen molar-refractivity contribution in [2.45, 2.75) is 38.8 Å². The van der Waals surface area contributed by atoms with E-state index in [0.717, 1.165) is 33.3 Å². The number of carbonyl (C=O) groups excluding carboxylic acids is 1. The Morgan fingerprint density at radius 3 is 2.80 bits per heavy atom. The quantitative estimate of drug-likeness (QED) is 0.518. The van der Waals surface area contributed by atoms with Crippen molar-refractivity contribution in [2.75, 3.05) is 5.32 Å². The lowest BCUT2D eigenvalue weighted by Gasteiger charge is -2.12. The number of halogens is 1.